The lowest BCUT2D eigenvalue weighted by Crippen LogP contribution is -2.40. The number of likely N-dealkylation sites (tertiary alicyclic amines) is 1. The molecule has 1 fully saturated rings. The van der Waals surface area contributed by atoms with E-state index in [-0.39, 0.29) is 17.7 Å². The van der Waals surface area contributed by atoms with Crippen LogP contribution in [0.15, 0.2) is 18.2 Å². The normalized spacial score (nSPS) is 22.1. The van der Waals surface area contributed by atoms with Gasteiger partial charge in [0.15, 0.2) is 0 Å². The molecule has 1 heterocycles. The molecule has 1 aliphatic heterocycles. The number of phenols is 1. The van der Waals surface area contributed by atoms with E-state index in [4.69, 9.17) is 5.11 Å². The van der Waals surface area contributed by atoms with Crippen molar-refractivity contribution in [3.8, 4) is 5.75 Å². The van der Waals surface area contributed by atoms with Gasteiger partial charge < -0.3 is 10.2 Å². The molecule has 1 aromatic carbocycles. The zero-order chi connectivity index (χ0) is 14.0. The average molecular weight is 267 g/mol. The van der Waals surface area contributed by atoms with Crippen molar-refractivity contribution in [1.82, 2.24) is 4.90 Å². The van der Waals surface area contributed by atoms with Gasteiger partial charge in [0.25, 0.3) is 0 Å². The van der Waals surface area contributed by atoms with Crippen molar-refractivity contribution in [1.29, 1.82) is 0 Å². The van der Waals surface area contributed by atoms with Crippen LogP contribution in [0.3, 0.4) is 0 Å². The molecule has 1 aromatic rings. The Morgan fingerprint density at radius 2 is 2.26 bits per heavy atom. The molecule has 0 radical (unpaired) electrons. The van der Waals surface area contributed by atoms with Crippen molar-refractivity contribution in [3.63, 3.8) is 0 Å². The van der Waals surface area contributed by atoms with E-state index in [9.17, 15) is 14.3 Å². The fourth-order valence-corrected chi connectivity index (χ4v) is 2.62. The second kappa shape index (κ2) is 5.57. The van der Waals surface area contributed by atoms with Gasteiger partial charge in [-0.05, 0) is 44.5 Å². The first-order chi connectivity index (χ1) is 8.99. The van der Waals surface area contributed by atoms with Crippen molar-refractivity contribution >= 4 is 5.97 Å². The predicted molar refractivity (Wildman–Crippen MR) is 68.4 cm³/mol. The van der Waals surface area contributed by atoms with E-state index in [1.54, 1.807) is 0 Å². The molecule has 2 N–H and O–H groups in total. The summed E-state index contributed by atoms with van der Waals surface area (Å²) in [7, 11) is 0. The van der Waals surface area contributed by atoms with E-state index in [1.807, 2.05) is 11.8 Å². The van der Waals surface area contributed by atoms with Crippen molar-refractivity contribution < 1.29 is 19.4 Å². The van der Waals surface area contributed by atoms with E-state index in [0.717, 1.165) is 13.0 Å². The Hall–Kier alpha value is -1.62. The van der Waals surface area contributed by atoms with Gasteiger partial charge in [-0.1, -0.05) is 0 Å². The minimum Gasteiger partial charge on any atom is -0.508 e. The lowest BCUT2D eigenvalue weighted by atomic mass is 9.95. The second-order valence-electron chi connectivity index (χ2n) is 5.05. The first-order valence-corrected chi connectivity index (χ1v) is 6.44. The molecule has 2 unspecified atom stereocenters. The SMILES string of the molecule is CC(c1cc(F)ccc1O)N1CCCC(C(=O)O)C1. The van der Waals surface area contributed by atoms with Gasteiger partial charge in [-0.2, -0.15) is 0 Å². The van der Waals surface area contributed by atoms with Crippen LogP contribution < -0.4 is 0 Å². The molecule has 0 spiro atoms. The zero-order valence-corrected chi connectivity index (χ0v) is 10.8. The molecule has 0 aliphatic carbocycles. The summed E-state index contributed by atoms with van der Waals surface area (Å²) >= 11 is 0. The number of carbonyl (C=O) groups is 1. The number of hydrogen-bond acceptors (Lipinski definition) is 3. The highest BCUT2D eigenvalue weighted by Crippen LogP contribution is 2.32. The number of hydrogen-bond donors (Lipinski definition) is 2. The molecule has 4 nitrogen and oxygen atoms in total. The fraction of sp³-hybridized carbons (Fsp3) is 0.500. The van der Waals surface area contributed by atoms with E-state index >= 15 is 0 Å². The molecule has 0 bridgehead atoms. The number of benzene rings is 1. The topological polar surface area (TPSA) is 60.8 Å². The van der Waals surface area contributed by atoms with E-state index in [1.165, 1.54) is 18.2 Å². The minimum absolute atomic E-state index is 0.0475. The summed E-state index contributed by atoms with van der Waals surface area (Å²) in [5.41, 5.74) is 0.506. The Bertz CT molecular complexity index is 478. The van der Waals surface area contributed by atoms with Crippen LogP contribution in [0.2, 0.25) is 0 Å². The molecular weight excluding hydrogens is 249 g/mol. The highest BCUT2D eigenvalue weighted by atomic mass is 19.1. The maximum absolute atomic E-state index is 13.3. The predicted octanol–water partition coefficient (Wildman–Crippen LogP) is 2.39. The Balaban J connectivity index is 2.16. The summed E-state index contributed by atoms with van der Waals surface area (Å²) in [6.45, 7) is 3.06. The molecule has 104 valence electrons. The second-order valence-corrected chi connectivity index (χ2v) is 5.05. The van der Waals surface area contributed by atoms with Gasteiger partial charge in [-0.3, -0.25) is 9.69 Å². The van der Waals surface area contributed by atoms with Crippen LogP contribution in [0.5, 0.6) is 5.75 Å². The highest BCUT2D eigenvalue weighted by molar-refractivity contribution is 5.70. The lowest BCUT2D eigenvalue weighted by Gasteiger charge is -2.35. The number of carboxylic acid groups (broad SMARTS) is 1. The van der Waals surface area contributed by atoms with Gasteiger partial charge in [-0.15, -0.1) is 0 Å². The summed E-state index contributed by atoms with van der Waals surface area (Å²) in [5.74, 6) is -1.52. The van der Waals surface area contributed by atoms with Gasteiger partial charge in [0.2, 0.25) is 0 Å². The molecule has 0 saturated carbocycles. The third-order valence-electron chi connectivity index (χ3n) is 3.79. The quantitative estimate of drug-likeness (QED) is 0.882. The van der Waals surface area contributed by atoms with Gasteiger partial charge >= 0.3 is 5.97 Å². The summed E-state index contributed by atoms with van der Waals surface area (Å²) in [4.78, 5) is 13.0. The summed E-state index contributed by atoms with van der Waals surface area (Å²) in [6.07, 6.45) is 1.48. The van der Waals surface area contributed by atoms with E-state index in [2.05, 4.69) is 0 Å². The van der Waals surface area contributed by atoms with Gasteiger partial charge in [-0.25, -0.2) is 4.39 Å². The maximum atomic E-state index is 13.3. The van der Waals surface area contributed by atoms with E-state index < -0.39 is 11.8 Å². The van der Waals surface area contributed by atoms with Crippen LogP contribution in [0.1, 0.15) is 31.4 Å². The largest absolute Gasteiger partial charge is 0.508 e. The first kappa shape index (κ1) is 13.8. The number of halogens is 1. The minimum atomic E-state index is -0.791. The Labute approximate surface area is 111 Å². The number of nitrogens with zero attached hydrogens (tertiary/aromatic N) is 1. The molecule has 2 atom stereocenters. The summed E-state index contributed by atoms with van der Waals surface area (Å²) < 4.78 is 13.3. The van der Waals surface area contributed by atoms with Crippen molar-refractivity contribution in [2.45, 2.75) is 25.8 Å². The van der Waals surface area contributed by atoms with Crippen LogP contribution in [-0.2, 0) is 4.79 Å². The maximum Gasteiger partial charge on any atom is 0.307 e. The number of carboxylic acids is 1. The Kier molecular flexibility index (Phi) is 4.04. The van der Waals surface area contributed by atoms with Crippen molar-refractivity contribution in [2.75, 3.05) is 13.1 Å². The molecular formula is C14H18FNO3. The molecule has 5 heteroatoms. The monoisotopic (exact) mass is 267 g/mol. The number of aromatic hydroxyl groups is 1. The number of aliphatic carboxylic acids is 1. The summed E-state index contributed by atoms with van der Waals surface area (Å²) in [6, 6.07) is 3.66. The molecule has 0 aromatic heterocycles. The molecule has 19 heavy (non-hydrogen) atoms. The highest BCUT2D eigenvalue weighted by Gasteiger charge is 2.29. The Morgan fingerprint density at radius 1 is 1.53 bits per heavy atom. The molecule has 0 amide bonds. The standard InChI is InChI=1S/C14H18FNO3/c1-9(12-7-11(15)4-5-13(12)17)16-6-2-3-10(8-16)14(18)19/h4-5,7,9-10,17H,2-3,6,8H2,1H3,(H,18,19). The lowest BCUT2D eigenvalue weighted by molar-refractivity contribution is -0.143. The van der Waals surface area contributed by atoms with Crippen LogP contribution >= 0.6 is 0 Å². The van der Waals surface area contributed by atoms with Crippen LogP contribution in [-0.4, -0.2) is 34.2 Å². The Morgan fingerprint density at radius 3 is 2.95 bits per heavy atom. The van der Waals surface area contributed by atoms with Crippen LogP contribution in [0.25, 0.3) is 0 Å². The molecule has 1 saturated heterocycles. The number of piperidine rings is 1. The fourth-order valence-electron chi connectivity index (χ4n) is 2.62. The van der Waals surface area contributed by atoms with E-state index in [0.29, 0.717) is 18.5 Å². The van der Waals surface area contributed by atoms with Crippen LogP contribution in [0, 0.1) is 11.7 Å². The number of phenolic OH excluding ortho intramolecular Hbond substituents is 1. The first-order valence-electron chi connectivity index (χ1n) is 6.44. The average Bonchev–Trinajstić information content (AvgIpc) is 2.41. The molecule has 2 rings (SSSR count). The summed E-state index contributed by atoms with van der Waals surface area (Å²) in [5, 5.41) is 18.9. The smallest absolute Gasteiger partial charge is 0.307 e. The van der Waals surface area contributed by atoms with Gasteiger partial charge in [0.1, 0.15) is 11.6 Å². The van der Waals surface area contributed by atoms with Crippen LogP contribution in [0.4, 0.5) is 4.39 Å². The van der Waals surface area contributed by atoms with Gasteiger partial charge in [0, 0.05) is 18.2 Å². The van der Waals surface area contributed by atoms with Gasteiger partial charge in [0.05, 0.1) is 5.92 Å². The zero-order valence-electron chi connectivity index (χ0n) is 10.8. The third kappa shape index (κ3) is 3.04. The number of rotatable bonds is 3. The molecule has 1 aliphatic rings. The van der Waals surface area contributed by atoms with Crippen molar-refractivity contribution in [2.24, 2.45) is 5.92 Å². The third-order valence-corrected chi connectivity index (χ3v) is 3.79. The van der Waals surface area contributed by atoms with Crippen molar-refractivity contribution in [3.05, 3.63) is 29.6 Å².